The number of hydrogen-bond acceptors (Lipinski definition) is 5. The van der Waals surface area contributed by atoms with Crippen LogP contribution in [0, 0.1) is 0 Å². The molecular formula is C14H21BrN4O2. The van der Waals surface area contributed by atoms with Crippen LogP contribution in [0.1, 0.15) is 27.7 Å². The highest BCUT2D eigenvalue weighted by Gasteiger charge is 2.30. The van der Waals surface area contributed by atoms with Crippen molar-refractivity contribution in [3.05, 3.63) is 17.0 Å². The van der Waals surface area contributed by atoms with Crippen molar-refractivity contribution in [2.75, 3.05) is 24.5 Å². The predicted molar refractivity (Wildman–Crippen MR) is 84.3 cm³/mol. The molecule has 2 heterocycles. The van der Waals surface area contributed by atoms with Gasteiger partial charge in [0.15, 0.2) is 0 Å². The molecule has 2 rings (SSSR count). The Bertz CT molecular complexity index is 501. The fourth-order valence-corrected chi connectivity index (χ4v) is 2.45. The van der Waals surface area contributed by atoms with Crippen molar-refractivity contribution in [2.45, 2.75) is 39.3 Å². The van der Waals surface area contributed by atoms with Gasteiger partial charge in [0.1, 0.15) is 16.0 Å². The van der Waals surface area contributed by atoms with Crippen molar-refractivity contribution in [2.24, 2.45) is 0 Å². The molecular weight excluding hydrogens is 336 g/mol. The first kappa shape index (κ1) is 16.0. The van der Waals surface area contributed by atoms with E-state index in [1.807, 2.05) is 20.8 Å². The molecule has 1 aromatic rings. The van der Waals surface area contributed by atoms with Crippen LogP contribution in [-0.2, 0) is 4.74 Å². The maximum absolute atomic E-state index is 12.1. The molecule has 0 radical (unpaired) electrons. The van der Waals surface area contributed by atoms with Gasteiger partial charge < -0.3 is 14.5 Å². The lowest BCUT2D eigenvalue weighted by molar-refractivity contribution is 0.0218. The van der Waals surface area contributed by atoms with E-state index >= 15 is 0 Å². The molecule has 21 heavy (non-hydrogen) atoms. The summed E-state index contributed by atoms with van der Waals surface area (Å²) in [6.45, 7) is 9.66. The summed E-state index contributed by atoms with van der Waals surface area (Å²) in [7, 11) is 0. The second-order valence-corrected chi connectivity index (χ2v) is 6.98. The third-order valence-electron chi connectivity index (χ3n) is 3.18. The number of carbonyl (C=O) groups is 1. The van der Waals surface area contributed by atoms with Gasteiger partial charge in [-0.05, 0) is 43.6 Å². The molecule has 0 aliphatic carbocycles. The highest BCUT2D eigenvalue weighted by molar-refractivity contribution is 9.10. The standard InChI is InChI=1S/C14H21BrN4O2/c1-10-9-18(13(20)21-14(2,3)4)5-6-19(10)12-8-16-11(15)7-17-12/h7-8,10H,5-6,9H2,1-4H3/t10-/m0/s1. The van der Waals surface area contributed by atoms with Crippen molar-refractivity contribution >= 4 is 27.8 Å². The second kappa shape index (κ2) is 6.17. The zero-order valence-electron chi connectivity index (χ0n) is 12.8. The number of carbonyl (C=O) groups excluding carboxylic acids is 1. The van der Waals surface area contributed by atoms with Crippen molar-refractivity contribution in [1.82, 2.24) is 14.9 Å². The van der Waals surface area contributed by atoms with E-state index in [1.165, 1.54) is 0 Å². The minimum Gasteiger partial charge on any atom is -0.444 e. The fourth-order valence-electron chi connectivity index (χ4n) is 2.24. The number of anilines is 1. The number of aromatic nitrogens is 2. The first-order valence-corrected chi connectivity index (χ1v) is 7.78. The molecule has 0 bridgehead atoms. The van der Waals surface area contributed by atoms with Crippen LogP contribution in [0.5, 0.6) is 0 Å². The van der Waals surface area contributed by atoms with Gasteiger partial charge in [-0.15, -0.1) is 0 Å². The lowest BCUT2D eigenvalue weighted by Crippen LogP contribution is -2.54. The third kappa shape index (κ3) is 4.30. The molecule has 0 unspecified atom stereocenters. The summed E-state index contributed by atoms with van der Waals surface area (Å²) in [5.74, 6) is 0.828. The van der Waals surface area contributed by atoms with Gasteiger partial charge in [-0.1, -0.05) is 0 Å². The Morgan fingerprint density at radius 3 is 2.57 bits per heavy atom. The second-order valence-electron chi connectivity index (χ2n) is 6.17. The highest BCUT2D eigenvalue weighted by Crippen LogP contribution is 2.20. The van der Waals surface area contributed by atoms with E-state index in [2.05, 4.69) is 37.7 Å². The Balaban J connectivity index is 1.99. The SMILES string of the molecule is C[C@H]1CN(C(=O)OC(C)(C)C)CCN1c1cnc(Br)cn1. The number of ether oxygens (including phenoxy) is 1. The minimum atomic E-state index is -0.464. The average molecular weight is 357 g/mol. The summed E-state index contributed by atoms with van der Waals surface area (Å²) < 4.78 is 6.13. The van der Waals surface area contributed by atoms with Gasteiger partial charge in [0.05, 0.1) is 12.4 Å². The first-order valence-electron chi connectivity index (χ1n) is 6.98. The molecule has 1 atom stereocenters. The Kier molecular flexibility index (Phi) is 4.70. The molecule has 1 amide bonds. The van der Waals surface area contributed by atoms with Gasteiger partial charge in [-0.25, -0.2) is 14.8 Å². The monoisotopic (exact) mass is 356 g/mol. The van der Waals surface area contributed by atoms with Crippen LogP contribution in [0.3, 0.4) is 0 Å². The molecule has 0 spiro atoms. The number of nitrogens with zero attached hydrogens (tertiary/aromatic N) is 4. The molecule has 116 valence electrons. The minimum absolute atomic E-state index is 0.168. The van der Waals surface area contributed by atoms with E-state index in [0.29, 0.717) is 17.7 Å². The van der Waals surface area contributed by atoms with Crippen molar-refractivity contribution in [3.63, 3.8) is 0 Å². The molecule has 1 saturated heterocycles. The lowest BCUT2D eigenvalue weighted by atomic mass is 10.2. The predicted octanol–water partition coefficient (Wildman–Crippen LogP) is 2.68. The van der Waals surface area contributed by atoms with Crippen LogP contribution in [0.15, 0.2) is 17.0 Å². The van der Waals surface area contributed by atoms with Gasteiger partial charge in [-0.2, -0.15) is 0 Å². The maximum Gasteiger partial charge on any atom is 0.410 e. The van der Waals surface area contributed by atoms with Crippen LogP contribution in [0.25, 0.3) is 0 Å². The van der Waals surface area contributed by atoms with E-state index < -0.39 is 5.60 Å². The van der Waals surface area contributed by atoms with E-state index in [4.69, 9.17) is 4.74 Å². The summed E-state index contributed by atoms with van der Waals surface area (Å²) in [5.41, 5.74) is -0.464. The summed E-state index contributed by atoms with van der Waals surface area (Å²) in [6, 6.07) is 0.168. The molecule has 7 heteroatoms. The van der Waals surface area contributed by atoms with E-state index in [0.717, 1.165) is 12.4 Å². The number of rotatable bonds is 1. The van der Waals surface area contributed by atoms with Crippen LogP contribution < -0.4 is 4.90 Å². The van der Waals surface area contributed by atoms with E-state index in [-0.39, 0.29) is 12.1 Å². The molecule has 1 aromatic heterocycles. The fraction of sp³-hybridized carbons (Fsp3) is 0.643. The van der Waals surface area contributed by atoms with Gasteiger partial charge in [0.2, 0.25) is 0 Å². The average Bonchev–Trinajstić information content (AvgIpc) is 2.38. The Morgan fingerprint density at radius 1 is 1.33 bits per heavy atom. The first-order chi connectivity index (χ1) is 9.76. The number of amides is 1. The molecule has 0 saturated carbocycles. The number of hydrogen-bond donors (Lipinski definition) is 0. The van der Waals surface area contributed by atoms with Gasteiger partial charge in [-0.3, -0.25) is 0 Å². The molecule has 1 fully saturated rings. The molecule has 6 nitrogen and oxygen atoms in total. The third-order valence-corrected chi connectivity index (χ3v) is 3.59. The Labute approximate surface area is 133 Å². The number of piperazine rings is 1. The zero-order chi connectivity index (χ0) is 15.6. The Morgan fingerprint density at radius 2 is 2.05 bits per heavy atom. The van der Waals surface area contributed by atoms with Crippen LogP contribution in [0.2, 0.25) is 0 Å². The Hall–Kier alpha value is -1.37. The van der Waals surface area contributed by atoms with Gasteiger partial charge in [0, 0.05) is 25.7 Å². The molecule has 0 N–H and O–H groups in total. The highest BCUT2D eigenvalue weighted by atomic mass is 79.9. The van der Waals surface area contributed by atoms with Gasteiger partial charge >= 0.3 is 6.09 Å². The summed E-state index contributed by atoms with van der Waals surface area (Å²) in [5, 5.41) is 0. The molecule has 1 aliphatic heterocycles. The summed E-state index contributed by atoms with van der Waals surface area (Å²) in [4.78, 5) is 24.6. The normalized spacial score (nSPS) is 19.6. The van der Waals surface area contributed by atoms with E-state index in [1.54, 1.807) is 17.3 Å². The van der Waals surface area contributed by atoms with Crippen molar-refractivity contribution in [1.29, 1.82) is 0 Å². The van der Waals surface area contributed by atoms with Crippen LogP contribution in [0.4, 0.5) is 10.6 Å². The molecule has 1 aliphatic rings. The maximum atomic E-state index is 12.1. The summed E-state index contributed by atoms with van der Waals surface area (Å²) in [6.07, 6.45) is 3.17. The van der Waals surface area contributed by atoms with Crippen LogP contribution >= 0.6 is 15.9 Å². The zero-order valence-corrected chi connectivity index (χ0v) is 14.4. The van der Waals surface area contributed by atoms with E-state index in [9.17, 15) is 4.79 Å². The van der Waals surface area contributed by atoms with Crippen molar-refractivity contribution in [3.8, 4) is 0 Å². The largest absolute Gasteiger partial charge is 0.444 e. The van der Waals surface area contributed by atoms with Gasteiger partial charge in [0.25, 0.3) is 0 Å². The number of halogens is 1. The van der Waals surface area contributed by atoms with Crippen molar-refractivity contribution < 1.29 is 9.53 Å². The molecule has 0 aromatic carbocycles. The smallest absolute Gasteiger partial charge is 0.410 e. The van der Waals surface area contributed by atoms with Crippen LogP contribution in [-0.4, -0.2) is 52.2 Å². The summed E-state index contributed by atoms with van der Waals surface area (Å²) >= 11 is 3.28. The quantitative estimate of drug-likeness (QED) is 0.774. The topological polar surface area (TPSA) is 58.6 Å². The lowest BCUT2D eigenvalue weighted by Gasteiger charge is -2.40.